The average molecular weight is 431 g/mol. The average Bonchev–Trinajstić information content (AvgIpc) is 3.48. The van der Waals surface area contributed by atoms with Crippen LogP contribution in [0.25, 0.3) is 16.9 Å². The molecular formula is C23H26N8O. The first-order valence-electron chi connectivity index (χ1n) is 11.1. The Hall–Kier alpha value is -3.33. The lowest BCUT2D eigenvalue weighted by atomic mass is 9.99. The number of anilines is 1. The van der Waals surface area contributed by atoms with Gasteiger partial charge < -0.3 is 14.2 Å². The number of para-hydroxylation sites is 2. The molecule has 4 aromatic rings. The van der Waals surface area contributed by atoms with Crippen molar-refractivity contribution in [1.29, 1.82) is 0 Å². The monoisotopic (exact) mass is 430 g/mol. The third-order valence-electron chi connectivity index (χ3n) is 6.32. The van der Waals surface area contributed by atoms with E-state index in [0.717, 1.165) is 60.6 Å². The molecule has 1 saturated carbocycles. The highest BCUT2D eigenvalue weighted by Crippen LogP contribution is 2.40. The maximum atomic E-state index is 5.32. The Labute approximate surface area is 186 Å². The number of rotatable bonds is 6. The van der Waals surface area contributed by atoms with Gasteiger partial charge >= 0.3 is 0 Å². The topological polar surface area (TPSA) is 86.8 Å². The van der Waals surface area contributed by atoms with E-state index in [0.29, 0.717) is 24.3 Å². The third-order valence-corrected chi connectivity index (χ3v) is 6.32. The van der Waals surface area contributed by atoms with Crippen LogP contribution in [0.1, 0.15) is 48.0 Å². The minimum atomic E-state index is 0.382. The van der Waals surface area contributed by atoms with Crippen LogP contribution in [0.3, 0.4) is 0 Å². The van der Waals surface area contributed by atoms with E-state index >= 15 is 0 Å². The lowest BCUT2D eigenvalue weighted by molar-refractivity contribution is 0.175. The van der Waals surface area contributed by atoms with E-state index in [2.05, 4.69) is 44.8 Å². The van der Waals surface area contributed by atoms with Gasteiger partial charge in [-0.2, -0.15) is 4.68 Å². The molecule has 1 aromatic carbocycles. The van der Waals surface area contributed by atoms with E-state index in [1.807, 2.05) is 19.1 Å². The van der Waals surface area contributed by atoms with Crippen LogP contribution in [-0.4, -0.2) is 54.5 Å². The number of hydrogen-bond acceptors (Lipinski definition) is 7. The highest BCUT2D eigenvalue weighted by atomic mass is 16.5. The third kappa shape index (κ3) is 3.24. The van der Waals surface area contributed by atoms with Crippen molar-refractivity contribution >= 4 is 16.9 Å². The molecule has 6 rings (SSSR count). The minimum Gasteiger partial charge on any atom is -0.377 e. The number of ether oxygens (including phenoxy) is 1. The van der Waals surface area contributed by atoms with Crippen molar-refractivity contribution in [1.82, 2.24) is 34.3 Å². The first-order chi connectivity index (χ1) is 15.6. The van der Waals surface area contributed by atoms with Crippen LogP contribution in [0, 0.1) is 6.92 Å². The standard InChI is InChI=1S/C23H26N8O/c1-14-24-21(13-32-3)31(28-14)20-10-19(26-22(27-20)15-8-9-15)30-11-16(12-30)23-25-17-6-4-5-7-18(17)29(23)2/h4-7,10,15-16H,8-9,11-13H2,1-3H3. The highest BCUT2D eigenvalue weighted by molar-refractivity contribution is 5.76. The second-order valence-corrected chi connectivity index (χ2v) is 8.76. The summed E-state index contributed by atoms with van der Waals surface area (Å²) in [6, 6.07) is 10.3. The molecule has 32 heavy (non-hydrogen) atoms. The summed E-state index contributed by atoms with van der Waals surface area (Å²) >= 11 is 0. The van der Waals surface area contributed by atoms with Crippen molar-refractivity contribution < 1.29 is 4.74 Å². The molecule has 3 aromatic heterocycles. The molecule has 0 radical (unpaired) electrons. The molecular weight excluding hydrogens is 404 g/mol. The van der Waals surface area contributed by atoms with Gasteiger partial charge in [0, 0.05) is 39.2 Å². The van der Waals surface area contributed by atoms with Crippen LogP contribution in [-0.2, 0) is 18.4 Å². The van der Waals surface area contributed by atoms with Crippen LogP contribution >= 0.6 is 0 Å². The van der Waals surface area contributed by atoms with Gasteiger partial charge in [0.2, 0.25) is 0 Å². The van der Waals surface area contributed by atoms with E-state index in [-0.39, 0.29) is 0 Å². The van der Waals surface area contributed by atoms with Gasteiger partial charge in [0.25, 0.3) is 0 Å². The summed E-state index contributed by atoms with van der Waals surface area (Å²) in [7, 11) is 3.77. The van der Waals surface area contributed by atoms with Crippen molar-refractivity contribution in [2.45, 2.75) is 38.2 Å². The normalized spacial score (nSPS) is 16.7. The molecule has 0 unspecified atom stereocenters. The number of aromatic nitrogens is 7. The van der Waals surface area contributed by atoms with Crippen LogP contribution < -0.4 is 4.90 Å². The van der Waals surface area contributed by atoms with E-state index in [1.165, 1.54) is 5.52 Å². The van der Waals surface area contributed by atoms with Crippen molar-refractivity contribution in [3.8, 4) is 5.82 Å². The summed E-state index contributed by atoms with van der Waals surface area (Å²) in [5.74, 6) is 6.02. The summed E-state index contributed by atoms with van der Waals surface area (Å²) < 4.78 is 9.32. The Morgan fingerprint density at radius 2 is 1.78 bits per heavy atom. The first kappa shape index (κ1) is 19.4. The lowest BCUT2D eigenvalue weighted by Crippen LogP contribution is -2.46. The molecule has 2 aliphatic rings. The van der Waals surface area contributed by atoms with Crippen LogP contribution in [0.2, 0.25) is 0 Å². The number of fused-ring (bicyclic) bond motifs is 1. The summed E-state index contributed by atoms with van der Waals surface area (Å²) in [5, 5.41) is 4.57. The Morgan fingerprint density at radius 3 is 2.53 bits per heavy atom. The zero-order valence-electron chi connectivity index (χ0n) is 18.6. The van der Waals surface area contributed by atoms with Gasteiger partial charge in [0.15, 0.2) is 11.6 Å². The van der Waals surface area contributed by atoms with Crippen molar-refractivity contribution in [2.75, 3.05) is 25.1 Å². The summed E-state index contributed by atoms with van der Waals surface area (Å²) in [5.41, 5.74) is 2.23. The molecule has 1 aliphatic heterocycles. The number of methoxy groups -OCH3 is 1. The van der Waals surface area contributed by atoms with E-state index in [4.69, 9.17) is 19.7 Å². The van der Waals surface area contributed by atoms with Gasteiger partial charge in [-0.1, -0.05) is 12.1 Å². The van der Waals surface area contributed by atoms with E-state index in [9.17, 15) is 0 Å². The quantitative estimate of drug-likeness (QED) is 0.465. The predicted molar refractivity (Wildman–Crippen MR) is 120 cm³/mol. The molecule has 9 nitrogen and oxygen atoms in total. The SMILES string of the molecule is COCc1nc(C)nn1-c1cc(N2CC(c3nc4ccccc4n3C)C2)nc(C2CC2)n1. The fourth-order valence-electron chi connectivity index (χ4n) is 4.46. The minimum absolute atomic E-state index is 0.382. The highest BCUT2D eigenvalue weighted by Gasteiger charge is 2.35. The molecule has 1 saturated heterocycles. The van der Waals surface area contributed by atoms with Gasteiger partial charge in [-0.05, 0) is 31.9 Å². The fourth-order valence-corrected chi connectivity index (χ4v) is 4.46. The molecule has 4 heterocycles. The molecule has 0 bridgehead atoms. The molecule has 1 aliphatic carbocycles. The number of imidazole rings is 1. The molecule has 2 fully saturated rings. The first-order valence-corrected chi connectivity index (χ1v) is 11.1. The second-order valence-electron chi connectivity index (χ2n) is 8.76. The summed E-state index contributed by atoms with van der Waals surface area (Å²) in [6.07, 6.45) is 2.29. The van der Waals surface area contributed by atoms with Crippen molar-refractivity contribution in [2.24, 2.45) is 7.05 Å². The summed E-state index contributed by atoms with van der Waals surface area (Å²) in [6.45, 7) is 4.05. The molecule has 0 atom stereocenters. The molecule has 0 amide bonds. The fraction of sp³-hybridized carbons (Fsp3) is 0.435. The van der Waals surface area contributed by atoms with Crippen LogP contribution in [0.5, 0.6) is 0 Å². The van der Waals surface area contributed by atoms with Gasteiger partial charge in [0.05, 0.1) is 17.0 Å². The predicted octanol–water partition coefficient (Wildman–Crippen LogP) is 2.88. The molecule has 164 valence electrons. The maximum Gasteiger partial charge on any atom is 0.161 e. The second kappa shape index (κ2) is 7.37. The van der Waals surface area contributed by atoms with Crippen molar-refractivity contribution in [3.63, 3.8) is 0 Å². The Kier molecular flexibility index (Phi) is 4.46. The number of aryl methyl sites for hydroxylation is 2. The number of hydrogen-bond donors (Lipinski definition) is 0. The number of benzene rings is 1. The van der Waals surface area contributed by atoms with E-state index in [1.54, 1.807) is 11.8 Å². The summed E-state index contributed by atoms with van der Waals surface area (Å²) in [4.78, 5) is 21.4. The van der Waals surface area contributed by atoms with Gasteiger partial charge in [-0.3, -0.25) is 0 Å². The Morgan fingerprint density at radius 1 is 1.00 bits per heavy atom. The smallest absolute Gasteiger partial charge is 0.161 e. The number of nitrogens with zero attached hydrogens (tertiary/aromatic N) is 8. The Balaban J connectivity index is 1.31. The van der Waals surface area contributed by atoms with Gasteiger partial charge in [-0.15, -0.1) is 5.10 Å². The largest absolute Gasteiger partial charge is 0.377 e. The zero-order chi connectivity index (χ0) is 21.8. The molecule has 0 N–H and O–H groups in total. The van der Waals surface area contributed by atoms with E-state index < -0.39 is 0 Å². The Bertz CT molecular complexity index is 1300. The zero-order valence-corrected chi connectivity index (χ0v) is 18.6. The molecule has 0 spiro atoms. The van der Waals surface area contributed by atoms with Gasteiger partial charge in [0.1, 0.15) is 29.9 Å². The molecule has 9 heteroatoms. The van der Waals surface area contributed by atoms with Crippen LogP contribution in [0.4, 0.5) is 5.82 Å². The van der Waals surface area contributed by atoms with Crippen LogP contribution in [0.15, 0.2) is 30.3 Å². The maximum absolute atomic E-state index is 5.32. The lowest BCUT2D eigenvalue weighted by Gasteiger charge is -2.39. The van der Waals surface area contributed by atoms with Crippen molar-refractivity contribution in [3.05, 3.63) is 53.6 Å². The van der Waals surface area contributed by atoms with Gasteiger partial charge in [-0.25, -0.2) is 19.9 Å².